The van der Waals surface area contributed by atoms with Crippen LogP contribution in [0.4, 0.5) is 10.8 Å². The maximum absolute atomic E-state index is 12.7. The van der Waals surface area contributed by atoms with Crippen LogP contribution in [-0.2, 0) is 11.2 Å². The number of amides is 1. The minimum absolute atomic E-state index is 0.0198. The molecule has 1 aliphatic heterocycles. The van der Waals surface area contributed by atoms with Crippen molar-refractivity contribution in [2.24, 2.45) is 5.92 Å². The summed E-state index contributed by atoms with van der Waals surface area (Å²) >= 11 is 7.48. The largest absolute Gasteiger partial charge is 0.347 e. The van der Waals surface area contributed by atoms with E-state index >= 15 is 0 Å². The second-order valence-electron chi connectivity index (χ2n) is 7.62. The van der Waals surface area contributed by atoms with Gasteiger partial charge >= 0.3 is 0 Å². The van der Waals surface area contributed by atoms with Crippen molar-refractivity contribution < 1.29 is 4.79 Å². The van der Waals surface area contributed by atoms with E-state index in [9.17, 15) is 9.59 Å². The zero-order valence-electron chi connectivity index (χ0n) is 17.0. The van der Waals surface area contributed by atoms with E-state index in [0.717, 1.165) is 47.8 Å². The highest BCUT2D eigenvalue weighted by molar-refractivity contribution is 7.20. The van der Waals surface area contributed by atoms with Crippen LogP contribution in [0, 0.1) is 12.8 Å². The fourth-order valence-corrected chi connectivity index (χ4v) is 4.80. The Bertz CT molecular complexity index is 1130. The zero-order valence-corrected chi connectivity index (χ0v) is 18.6. The quantitative estimate of drug-likeness (QED) is 0.643. The average molecular weight is 446 g/mol. The van der Waals surface area contributed by atoms with E-state index in [1.54, 1.807) is 12.1 Å². The Morgan fingerprint density at radius 3 is 2.80 bits per heavy atom. The normalized spacial score (nSPS) is 15.0. The lowest BCUT2D eigenvalue weighted by molar-refractivity contribution is -0.120. The zero-order chi connectivity index (χ0) is 21.3. The molecule has 0 aliphatic carbocycles. The SMILES string of the molecule is CCCc1cc(=O)n2nc(N3CCC(C(=O)Nc4cc(Cl)ccc4C)CC3)sc2n1. The highest BCUT2D eigenvalue weighted by Crippen LogP contribution is 2.28. The molecule has 9 heteroatoms. The second-order valence-corrected chi connectivity index (χ2v) is 9.00. The van der Waals surface area contributed by atoms with Gasteiger partial charge in [-0.25, -0.2) is 4.98 Å². The molecular weight excluding hydrogens is 422 g/mol. The maximum Gasteiger partial charge on any atom is 0.275 e. The van der Waals surface area contributed by atoms with Crippen molar-refractivity contribution in [1.82, 2.24) is 14.6 Å². The third-order valence-corrected chi connectivity index (χ3v) is 6.59. The van der Waals surface area contributed by atoms with Crippen LogP contribution in [0.2, 0.25) is 5.02 Å². The number of nitrogens with one attached hydrogen (secondary N) is 1. The number of nitrogens with zero attached hydrogens (tertiary/aromatic N) is 4. The molecule has 1 amide bonds. The fraction of sp³-hybridized carbons (Fsp3) is 0.429. The highest BCUT2D eigenvalue weighted by atomic mass is 35.5. The molecule has 3 aromatic rings. The molecule has 158 valence electrons. The summed E-state index contributed by atoms with van der Waals surface area (Å²) in [4.78, 5) is 32.4. The lowest BCUT2D eigenvalue weighted by atomic mass is 9.96. The first-order valence-corrected chi connectivity index (χ1v) is 11.4. The summed E-state index contributed by atoms with van der Waals surface area (Å²) < 4.78 is 1.37. The highest BCUT2D eigenvalue weighted by Gasteiger charge is 2.27. The van der Waals surface area contributed by atoms with Crippen LogP contribution in [0.5, 0.6) is 0 Å². The van der Waals surface area contributed by atoms with Gasteiger partial charge in [0.25, 0.3) is 5.56 Å². The molecule has 0 atom stereocenters. The minimum atomic E-state index is -0.142. The van der Waals surface area contributed by atoms with Gasteiger partial charge in [-0.3, -0.25) is 9.59 Å². The van der Waals surface area contributed by atoms with E-state index in [2.05, 4.69) is 27.2 Å². The smallest absolute Gasteiger partial charge is 0.275 e. The Hall–Kier alpha value is -2.45. The van der Waals surface area contributed by atoms with Crippen LogP contribution < -0.4 is 15.8 Å². The Morgan fingerprint density at radius 2 is 2.07 bits per heavy atom. The third-order valence-electron chi connectivity index (χ3n) is 5.39. The molecule has 3 heterocycles. The van der Waals surface area contributed by atoms with Crippen LogP contribution in [-0.4, -0.2) is 33.6 Å². The van der Waals surface area contributed by atoms with Crippen LogP contribution in [0.15, 0.2) is 29.1 Å². The monoisotopic (exact) mass is 445 g/mol. The molecule has 1 N–H and O–H groups in total. The summed E-state index contributed by atoms with van der Waals surface area (Å²) in [7, 11) is 0. The summed E-state index contributed by atoms with van der Waals surface area (Å²) in [5.74, 6) is -0.0441. The number of fused-ring (bicyclic) bond motifs is 1. The van der Waals surface area contributed by atoms with E-state index in [-0.39, 0.29) is 17.4 Å². The molecule has 30 heavy (non-hydrogen) atoms. The molecular formula is C21H24ClN5O2S. The Kier molecular flexibility index (Phi) is 6.06. The number of halogens is 1. The lowest BCUT2D eigenvalue weighted by Gasteiger charge is -2.30. The molecule has 2 aromatic heterocycles. The number of carbonyl (C=O) groups is 1. The molecule has 1 aromatic carbocycles. The van der Waals surface area contributed by atoms with Crippen LogP contribution >= 0.6 is 22.9 Å². The fourth-order valence-electron chi connectivity index (χ4n) is 3.65. The number of piperidine rings is 1. The molecule has 4 rings (SSSR count). The number of anilines is 2. The summed E-state index contributed by atoms with van der Waals surface area (Å²) in [6, 6.07) is 7.06. The number of benzene rings is 1. The molecule has 0 bridgehead atoms. The van der Waals surface area contributed by atoms with E-state index in [4.69, 9.17) is 11.6 Å². The van der Waals surface area contributed by atoms with Gasteiger partial charge in [0.2, 0.25) is 16.0 Å². The molecule has 7 nitrogen and oxygen atoms in total. The second kappa shape index (κ2) is 8.73. The van der Waals surface area contributed by atoms with Gasteiger partial charge in [0.1, 0.15) is 0 Å². The number of hydrogen-bond donors (Lipinski definition) is 1. The number of aryl methyl sites for hydroxylation is 2. The Balaban J connectivity index is 1.43. The van der Waals surface area contributed by atoms with E-state index in [1.807, 2.05) is 19.1 Å². The summed E-state index contributed by atoms with van der Waals surface area (Å²) in [6.07, 6.45) is 3.18. The first-order valence-electron chi connectivity index (χ1n) is 10.2. The maximum atomic E-state index is 12.7. The molecule has 1 fully saturated rings. The summed E-state index contributed by atoms with van der Waals surface area (Å²) in [6.45, 7) is 5.44. The van der Waals surface area contributed by atoms with Crippen molar-refractivity contribution in [3.05, 3.63) is 50.9 Å². The molecule has 0 spiro atoms. The third kappa shape index (κ3) is 4.34. The van der Waals surface area contributed by atoms with Gasteiger partial charge in [-0.15, -0.1) is 5.10 Å². The molecule has 1 aliphatic rings. The topological polar surface area (TPSA) is 79.6 Å². The number of aromatic nitrogens is 3. The van der Waals surface area contributed by atoms with Crippen molar-refractivity contribution in [2.75, 3.05) is 23.3 Å². The van der Waals surface area contributed by atoms with E-state index < -0.39 is 0 Å². The van der Waals surface area contributed by atoms with Gasteiger partial charge < -0.3 is 10.2 Å². The molecule has 1 saturated heterocycles. The first-order chi connectivity index (χ1) is 14.4. The van der Waals surface area contributed by atoms with Gasteiger partial charge in [-0.1, -0.05) is 42.3 Å². The average Bonchev–Trinajstić information content (AvgIpc) is 3.16. The van der Waals surface area contributed by atoms with Crippen LogP contribution in [0.25, 0.3) is 4.96 Å². The van der Waals surface area contributed by atoms with E-state index in [0.29, 0.717) is 23.1 Å². The van der Waals surface area contributed by atoms with Crippen LogP contribution in [0.3, 0.4) is 0 Å². The molecule has 0 saturated carbocycles. The summed E-state index contributed by atoms with van der Waals surface area (Å²) in [5, 5.41) is 8.86. The van der Waals surface area contributed by atoms with Gasteiger partial charge in [0.05, 0.1) is 0 Å². The van der Waals surface area contributed by atoms with Gasteiger partial charge in [-0.2, -0.15) is 4.52 Å². The van der Waals surface area contributed by atoms with E-state index in [1.165, 1.54) is 15.9 Å². The van der Waals surface area contributed by atoms with Gasteiger partial charge in [-0.05, 0) is 43.9 Å². The minimum Gasteiger partial charge on any atom is -0.347 e. The van der Waals surface area contributed by atoms with Crippen molar-refractivity contribution in [1.29, 1.82) is 0 Å². The summed E-state index contributed by atoms with van der Waals surface area (Å²) in [5.41, 5.74) is 2.41. The van der Waals surface area contributed by atoms with Gasteiger partial charge in [0, 0.05) is 41.5 Å². The van der Waals surface area contributed by atoms with Crippen LogP contribution in [0.1, 0.15) is 37.4 Å². The first kappa shape index (κ1) is 20.8. The Labute approximate surface area is 183 Å². The number of hydrogen-bond acceptors (Lipinski definition) is 6. The predicted octanol–water partition coefficient (Wildman–Crippen LogP) is 3.92. The Morgan fingerprint density at radius 1 is 1.30 bits per heavy atom. The van der Waals surface area contributed by atoms with Gasteiger partial charge in [0.15, 0.2) is 0 Å². The predicted molar refractivity (Wildman–Crippen MR) is 121 cm³/mol. The van der Waals surface area contributed by atoms with Crippen molar-refractivity contribution in [3.8, 4) is 0 Å². The number of carbonyl (C=O) groups excluding carboxylic acids is 1. The van der Waals surface area contributed by atoms with Crippen molar-refractivity contribution >= 4 is 44.6 Å². The molecule has 0 unspecified atom stereocenters. The lowest BCUT2D eigenvalue weighted by Crippen LogP contribution is -2.38. The molecule has 0 radical (unpaired) electrons. The number of rotatable bonds is 5. The standard InChI is InChI=1S/C21H24ClN5O2S/c1-3-4-16-12-18(28)27-20(23-16)30-21(25-27)26-9-7-14(8-10-26)19(29)24-17-11-15(22)6-5-13(17)2/h5-6,11-12,14H,3-4,7-10H2,1-2H3,(H,24,29). The van der Waals surface area contributed by atoms with Crippen molar-refractivity contribution in [2.45, 2.75) is 39.5 Å². The van der Waals surface area contributed by atoms with Crippen molar-refractivity contribution in [3.63, 3.8) is 0 Å².